The van der Waals surface area contributed by atoms with Crippen molar-refractivity contribution in [3.05, 3.63) is 59.9 Å². The standard InChI is InChI=1S/C14H13FN2O3S/c15-12-7-6-11(21(16,19)20)9-13(12)17-14(18)8-10-4-2-1-3-5-10/h1-7,9H,8H2,(H,17,18)(H2,16,19,20). The summed E-state index contributed by atoms with van der Waals surface area (Å²) in [5, 5.41) is 7.30. The lowest BCUT2D eigenvalue weighted by Crippen LogP contribution is -2.17. The fraction of sp³-hybridized carbons (Fsp3) is 0.0714. The van der Waals surface area contributed by atoms with Gasteiger partial charge in [0.15, 0.2) is 0 Å². The van der Waals surface area contributed by atoms with E-state index in [-0.39, 0.29) is 17.0 Å². The van der Waals surface area contributed by atoms with Crippen molar-refractivity contribution < 1.29 is 17.6 Å². The minimum Gasteiger partial charge on any atom is -0.323 e. The van der Waals surface area contributed by atoms with Gasteiger partial charge in [-0.05, 0) is 23.8 Å². The second kappa shape index (κ2) is 6.02. The molecule has 0 aliphatic carbocycles. The molecule has 2 aromatic carbocycles. The number of nitrogens with two attached hydrogens (primary N) is 1. The highest BCUT2D eigenvalue weighted by Gasteiger charge is 2.13. The third-order valence-corrected chi connectivity index (χ3v) is 3.66. The molecule has 0 spiro atoms. The quantitative estimate of drug-likeness (QED) is 0.900. The summed E-state index contributed by atoms with van der Waals surface area (Å²) in [6.07, 6.45) is 0.0554. The summed E-state index contributed by atoms with van der Waals surface area (Å²) in [6, 6.07) is 11.9. The molecule has 5 nitrogen and oxygen atoms in total. The van der Waals surface area contributed by atoms with Gasteiger partial charge in [0.2, 0.25) is 15.9 Å². The molecule has 0 bridgehead atoms. The molecular formula is C14H13FN2O3S. The van der Waals surface area contributed by atoms with Crippen molar-refractivity contribution in [3.8, 4) is 0 Å². The Labute approximate surface area is 121 Å². The molecule has 0 unspecified atom stereocenters. The molecule has 0 aliphatic rings. The predicted molar refractivity (Wildman–Crippen MR) is 76.5 cm³/mol. The lowest BCUT2D eigenvalue weighted by atomic mass is 10.1. The highest BCUT2D eigenvalue weighted by Crippen LogP contribution is 2.19. The number of halogens is 1. The van der Waals surface area contributed by atoms with Crippen molar-refractivity contribution in [2.45, 2.75) is 11.3 Å². The molecular weight excluding hydrogens is 295 g/mol. The normalized spacial score (nSPS) is 11.1. The van der Waals surface area contributed by atoms with Crippen LogP contribution in [0.3, 0.4) is 0 Å². The van der Waals surface area contributed by atoms with Crippen LogP contribution in [0.15, 0.2) is 53.4 Å². The summed E-state index contributed by atoms with van der Waals surface area (Å²) in [5.41, 5.74) is 0.542. The second-order valence-electron chi connectivity index (χ2n) is 4.40. The summed E-state index contributed by atoms with van der Waals surface area (Å²) >= 11 is 0. The fourth-order valence-electron chi connectivity index (χ4n) is 1.75. The molecule has 0 aromatic heterocycles. The van der Waals surface area contributed by atoms with Crippen LogP contribution in [0.25, 0.3) is 0 Å². The van der Waals surface area contributed by atoms with E-state index >= 15 is 0 Å². The summed E-state index contributed by atoms with van der Waals surface area (Å²) in [4.78, 5) is 11.6. The molecule has 1 amide bonds. The van der Waals surface area contributed by atoms with Gasteiger partial charge in [-0.25, -0.2) is 17.9 Å². The Bertz CT molecular complexity index is 761. The fourth-order valence-corrected chi connectivity index (χ4v) is 2.29. The maximum absolute atomic E-state index is 13.6. The maximum atomic E-state index is 13.6. The molecule has 2 rings (SSSR count). The number of rotatable bonds is 4. The molecule has 0 atom stereocenters. The average Bonchev–Trinajstić information content (AvgIpc) is 2.41. The zero-order chi connectivity index (χ0) is 15.5. The van der Waals surface area contributed by atoms with Crippen molar-refractivity contribution in [2.75, 3.05) is 5.32 Å². The van der Waals surface area contributed by atoms with E-state index in [1.54, 1.807) is 24.3 Å². The highest BCUT2D eigenvalue weighted by molar-refractivity contribution is 7.89. The third-order valence-electron chi connectivity index (χ3n) is 2.75. The van der Waals surface area contributed by atoms with Crippen LogP contribution < -0.4 is 10.5 Å². The number of anilines is 1. The lowest BCUT2D eigenvalue weighted by molar-refractivity contribution is -0.115. The van der Waals surface area contributed by atoms with Crippen LogP contribution in [0.1, 0.15) is 5.56 Å². The van der Waals surface area contributed by atoms with Crippen LogP contribution in [0.4, 0.5) is 10.1 Å². The van der Waals surface area contributed by atoms with Gasteiger partial charge in [0.1, 0.15) is 5.82 Å². The first-order valence-corrected chi connectivity index (χ1v) is 7.57. The zero-order valence-corrected chi connectivity index (χ0v) is 11.7. The molecule has 3 N–H and O–H groups in total. The van der Waals surface area contributed by atoms with Gasteiger partial charge >= 0.3 is 0 Å². The summed E-state index contributed by atoms with van der Waals surface area (Å²) in [5.74, 6) is -1.18. The number of nitrogens with one attached hydrogen (secondary N) is 1. The minimum absolute atomic E-state index is 0.0554. The molecule has 110 valence electrons. The number of carbonyl (C=O) groups is 1. The molecule has 0 aliphatic heterocycles. The predicted octanol–water partition coefficient (Wildman–Crippen LogP) is 1.65. The van der Waals surface area contributed by atoms with Crippen molar-refractivity contribution in [2.24, 2.45) is 5.14 Å². The van der Waals surface area contributed by atoms with E-state index in [1.165, 1.54) is 0 Å². The van der Waals surface area contributed by atoms with Gasteiger partial charge in [-0.3, -0.25) is 4.79 Å². The summed E-state index contributed by atoms with van der Waals surface area (Å²) < 4.78 is 36.0. The Morgan fingerprint density at radius 2 is 1.81 bits per heavy atom. The van der Waals surface area contributed by atoms with Crippen molar-refractivity contribution in [1.82, 2.24) is 0 Å². The van der Waals surface area contributed by atoms with Gasteiger partial charge < -0.3 is 5.32 Å². The average molecular weight is 308 g/mol. The van der Waals surface area contributed by atoms with Crippen LogP contribution in [-0.2, 0) is 21.2 Å². The highest BCUT2D eigenvalue weighted by atomic mass is 32.2. The smallest absolute Gasteiger partial charge is 0.238 e. The SMILES string of the molecule is NS(=O)(=O)c1ccc(F)c(NC(=O)Cc2ccccc2)c1. The first kappa shape index (κ1) is 15.1. The van der Waals surface area contributed by atoms with E-state index in [1.807, 2.05) is 6.07 Å². The van der Waals surface area contributed by atoms with E-state index in [0.717, 1.165) is 23.8 Å². The summed E-state index contributed by atoms with van der Waals surface area (Å²) in [6.45, 7) is 0. The van der Waals surface area contributed by atoms with Crippen molar-refractivity contribution >= 4 is 21.6 Å². The minimum atomic E-state index is -3.95. The molecule has 7 heteroatoms. The van der Waals surface area contributed by atoms with Crippen LogP contribution in [0.2, 0.25) is 0 Å². The van der Waals surface area contributed by atoms with E-state index in [0.29, 0.717) is 0 Å². The first-order chi connectivity index (χ1) is 9.86. The summed E-state index contributed by atoms with van der Waals surface area (Å²) in [7, 11) is -3.95. The van der Waals surface area contributed by atoms with E-state index in [2.05, 4.69) is 5.32 Å². The molecule has 2 aromatic rings. The van der Waals surface area contributed by atoms with Crippen LogP contribution >= 0.6 is 0 Å². The number of primary sulfonamides is 1. The van der Waals surface area contributed by atoms with Gasteiger partial charge in [0, 0.05) is 0 Å². The number of benzene rings is 2. The molecule has 0 heterocycles. The number of sulfonamides is 1. The second-order valence-corrected chi connectivity index (χ2v) is 5.96. The topological polar surface area (TPSA) is 89.3 Å². The van der Waals surface area contributed by atoms with Crippen LogP contribution in [0, 0.1) is 5.82 Å². The molecule has 0 fully saturated rings. The van der Waals surface area contributed by atoms with Crippen molar-refractivity contribution in [3.63, 3.8) is 0 Å². The first-order valence-electron chi connectivity index (χ1n) is 6.02. The zero-order valence-electron chi connectivity index (χ0n) is 10.9. The third kappa shape index (κ3) is 4.11. The van der Waals surface area contributed by atoms with E-state index in [9.17, 15) is 17.6 Å². The number of carbonyl (C=O) groups excluding carboxylic acids is 1. The maximum Gasteiger partial charge on any atom is 0.238 e. The molecule has 0 saturated carbocycles. The Morgan fingerprint density at radius 3 is 2.43 bits per heavy atom. The van der Waals surface area contributed by atoms with Gasteiger partial charge in [0.25, 0.3) is 0 Å². The molecule has 0 saturated heterocycles. The lowest BCUT2D eigenvalue weighted by Gasteiger charge is -2.08. The Hall–Kier alpha value is -2.25. The van der Waals surface area contributed by atoms with E-state index in [4.69, 9.17) is 5.14 Å². The largest absolute Gasteiger partial charge is 0.323 e. The van der Waals surface area contributed by atoms with Crippen LogP contribution in [-0.4, -0.2) is 14.3 Å². The van der Waals surface area contributed by atoms with Crippen LogP contribution in [0.5, 0.6) is 0 Å². The van der Waals surface area contributed by atoms with Crippen molar-refractivity contribution in [1.29, 1.82) is 0 Å². The van der Waals surface area contributed by atoms with Gasteiger partial charge in [-0.15, -0.1) is 0 Å². The number of hydrogen-bond acceptors (Lipinski definition) is 3. The molecule has 0 radical (unpaired) electrons. The Kier molecular flexibility index (Phi) is 4.35. The number of hydrogen-bond donors (Lipinski definition) is 2. The monoisotopic (exact) mass is 308 g/mol. The van der Waals surface area contributed by atoms with Gasteiger partial charge in [0.05, 0.1) is 17.0 Å². The Morgan fingerprint density at radius 1 is 1.14 bits per heavy atom. The Balaban J connectivity index is 2.17. The molecule has 21 heavy (non-hydrogen) atoms. The van der Waals surface area contributed by atoms with E-state index < -0.39 is 21.7 Å². The van der Waals surface area contributed by atoms with Gasteiger partial charge in [-0.1, -0.05) is 30.3 Å². The van der Waals surface area contributed by atoms with Gasteiger partial charge in [-0.2, -0.15) is 0 Å². The number of amides is 1.